The molecule has 3 aromatic carbocycles. The number of hydrogen-bond donors (Lipinski definition) is 0. The van der Waals surface area contributed by atoms with E-state index in [9.17, 15) is 8.42 Å². The van der Waals surface area contributed by atoms with Crippen LogP contribution in [0.5, 0.6) is 0 Å². The van der Waals surface area contributed by atoms with Gasteiger partial charge in [0.05, 0.1) is 10.8 Å². The maximum atomic E-state index is 13.7. The highest BCUT2D eigenvalue weighted by atomic mass is 32.2. The van der Waals surface area contributed by atoms with Gasteiger partial charge in [0.2, 0.25) is 10.0 Å². The molecule has 0 saturated heterocycles. The van der Waals surface area contributed by atoms with Gasteiger partial charge in [-0.3, -0.25) is 0 Å². The molecule has 3 aromatic rings. The minimum atomic E-state index is -3.69. The summed E-state index contributed by atoms with van der Waals surface area (Å²) in [7, 11) is -6.46. The Morgan fingerprint density at radius 2 is 1.32 bits per heavy atom. The Morgan fingerprint density at radius 1 is 0.850 bits per heavy atom. The van der Waals surface area contributed by atoms with Crippen LogP contribution in [-0.2, 0) is 14.4 Å². The molecule has 0 amide bonds. The minimum Gasteiger partial charge on any atom is -0.407 e. The first-order chi connectivity index (χ1) is 18.8. The molecule has 1 atom stereocenters. The van der Waals surface area contributed by atoms with Crippen LogP contribution in [0.4, 0.5) is 0 Å². The van der Waals surface area contributed by atoms with Crippen molar-refractivity contribution < 1.29 is 12.8 Å². The SMILES string of the molecule is C=CCN(C(C#Cc1ccccc1)CCO[Si](c1ccccc1)(c1ccccc1)C(C)(C)C)S(=O)(=O)C(C)(C)C. The van der Waals surface area contributed by atoms with Gasteiger partial charge in [0.25, 0.3) is 8.32 Å². The van der Waals surface area contributed by atoms with Crippen LogP contribution in [0.3, 0.4) is 0 Å². The van der Waals surface area contributed by atoms with Crippen molar-refractivity contribution in [1.82, 2.24) is 4.31 Å². The van der Waals surface area contributed by atoms with Crippen LogP contribution in [0.25, 0.3) is 0 Å². The second-order valence-corrected chi connectivity index (χ2v) is 18.9. The topological polar surface area (TPSA) is 46.6 Å². The molecule has 1 unspecified atom stereocenters. The molecule has 212 valence electrons. The largest absolute Gasteiger partial charge is 0.407 e. The first-order valence-corrected chi connectivity index (χ1v) is 17.1. The molecular weight excluding hydrogens is 531 g/mol. The van der Waals surface area contributed by atoms with Crippen molar-refractivity contribution in [2.45, 2.75) is 63.8 Å². The van der Waals surface area contributed by atoms with Gasteiger partial charge in [-0.2, -0.15) is 4.31 Å². The summed E-state index contributed by atoms with van der Waals surface area (Å²) in [6.45, 7) is 16.3. The fraction of sp³-hybridized carbons (Fsp3) is 0.353. The van der Waals surface area contributed by atoms with Gasteiger partial charge in [-0.1, -0.05) is 118 Å². The Bertz CT molecular complexity index is 1360. The second-order valence-electron chi connectivity index (χ2n) is 11.9. The minimum absolute atomic E-state index is 0.174. The zero-order valence-corrected chi connectivity index (χ0v) is 26.5. The van der Waals surface area contributed by atoms with E-state index in [0.717, 1.165) is 5.56 Å². The zero-order chi connectivity index (χ0) is 29.4. The Hall–Kier alpha value is -2.95. The number of sulfonamides is 1. The van der Waals surface area contributed by atoms with E-state index in [-0.39, 0.29) is 11.6 Å². The fourth-order valence-corrected chi connectivity index (χ4v) is 11.0. The van der Waals surface area contributed by atoms with Gasteiger partial charge in [-0.05, 0) is 54.7 Å². The van der Waals surface area contributed by atoms with Crippen LogP contribution in [0, 0.1) is 11.8 Å². The molecule has 3 rings (SSSR count). The molecule has 0 saturated carbocycles. The fourth-order valence-electron chi connectivity index (χ4n) is 4.93. The molecule has 4 nitrogen and oxygen atoms in total. The molecule has 0 N–H and O–H groups in total. The van der Waals surface area contributed by atoms with Crippen molar-refractivity contribution in [3.8, 4) is 11.8 Å². The standard InChI is InChI=1S/C34H43NO3SSi/c1-8-27-35(39(36,37)33(2,3)4)30(25-24-29-18-12-9-13-19-29)26-28-38-40(34(5,6)7,31-20-14-10-15-21-31)32-22-16-11-17-23-32/h8-23,30H,1,26-28H2,2-7H3. The highest BCUT2D eigenvalue weighted by molar-refractivity contribution is 7.90. The second kappa shape index (κ2) is 13.1. The van der Waals surface area contributed by atoms with E-state index in [4.69, 9.17) is 4.43 Å². The molecule has 0 aromatic heterocycles. The van der Waals surface area contributed by atoms with E-state index in [1.807, 2.05) is 42.5 Å². The predicted octanol–water partition coefficient (Wildman–Crippen LogP) is 5.99. The van der Waals surface area contributed by atoms with Gasteiger partial charge in [-0.25, -0.2) is 8.42 Å². The summed E-state index contributed by atoms with van der Waals surface area (Å²) in [6, 6.07) is 30.0. The van der Waals surface area contributed by atoms with Crippen molar-refractivity contribution in [3.05, 3.63) is 109 Å². The van der Waals surface area contributed by atoms with E-state index in [0.29, 0.717) is 13.0 Å². The Labute approximate surface area is 243 Å². The van der Waals surface area contributed by atoms with E-state index in [1.165, 1.54) is 14.7 Å². The maximum Gasteiger partial charge on any atom is 0.261 e. The zero-order valence-electron chi connectivity index (χ0n) is 24.7. The summed E-state index contributed by atoms with van der Waals surface area (Å²) in [6.07, 6.45) is 2.05. The Kier molecular flexibility index (Phi) is 10.4. The molecule has 0 heterocycles. The van der Waals surface area contributed by atoms with E-state index in [2.05, 4.69) is 87.7 Å². The smallest absolute Gasteiger partial charge is 0.261 e. The average molecular weight is 574 g/mol. The molecule has 0 fully saturated rings. The van der Waals surface area contributed by atoms with Crippen LogP contribution in [0.1, 0.15) is 53.5 Å². The van der Waals surface area contributed by atoms with Crippen molar-refractivity contribution in [1.29, 1.82) is 0 Å². The highest BCUT2D eigenvalue weighted by Crippen LogP contribution is 2.37. The third-order valence-corrected chi connectivity index (χ3v) is 14.6. The first-order valence-electron chi connectivity index (χ1n) is 13.8. The molecule has 0 aliphatic rings. The van der Waals surface area contributed by atoms with Gasteiger partial charge in [0.1, 0.15) is 0 Å². The predicted molar refractivity (Wildman–Crippen MR) is 171 cm³/mol. The lowest BCUT2D eigenvalue weighted by molar-refractivity contribution is 0.258. The van der Waals surface area contributed by atoms with Crippen LogP contribution in [0.15, 0.2) is 104 Å². The molecule has 0 radical (unpaired) electrons. The summed E-state index contributed by atoms with van der Waals surface area (Å²) in [4.78, 5) is 0. The lowest BCUT2D eigenvalue weighted by Gasteiger charge is -2.43. The summed E-state index contributed by atoms with van der Waals surface area (Å²) in [5.41, 5.74) is 0.840. The van der Waals surface area contributed by atoms with Gasteiger partial charge >= 0.3 is 0 Å². The van der Waals surface area contributed by atoms with Crippen LogP contribution in [0.2, 0.25) is 5.04 Å². The number of rotatable bonds is 10. The van der Waals surface area contributed by atoms with Crippen LogP contribution < -0.4 is 10.4 Å². The van der Waals surface area contributed by atoms with E-state index < -0.39 is 29.1 Å². The van der Waals surface area contributed by atoms with Gasteiger partial charge in [0.15, 0.2) is 0 Å². The summed E-state index contributed by atoms with van der Waals surface area (Å²) >= 11 is 0. The third-order valence-electron chi connectivity index (χ3n) is 7.02. The van der Waals surface area contributed by atoms with Crippen molar-refractivity contribution >= 4 is 28.7 Å². The molecule has 0 aliphatic carbocycles. The molecule has 0 spiro atoms. The summed E-state index contributed by atoms with van der Waals surface area (Å²) in [5, 5.41) is 2.19. The number of benzene rings is 3. The normalized spacial score (nSPS) is 13.4. The van der Waals surface area contributed by atoms with Gasteiger partial charge < -0.3 is 4.43 Å². The van der Waals surface area contributed by atoms with E-state index >= 15 is 0 Å². The summed E-state index contributed by atoms with van der Waals surface area (Å²) < 4.78 is 35.1. The molecular formula is C34H43NO3SSi. The lowest BCUT2D eigenvalue weighted by Crippen LogP contribution is -2.66. The highest BCUT2D eigenvalue weighted by Gasteiger charge is 2.50. The Balaban J connectivity index is 2.07. The molecule has 40 heavy (non-hydrogen) atoms. The molecule has 0 aliphatic heterocycles. The molecule has 6 heteroatoms. The lowest BCUT2D eigenvalue weighted by atomic mass is 10.1. The monoisotopic (exact) mass is 573 g/mol. The maximum absolute atomic E-state index is 13.7. The number of hydrogen-bond acceptors (Lipinski definition) is 3. The third kappa shape index (κ3) is 7.02. The average Bonchev–Trinajstić information content (AvgIpc) is 2.92. The van der Waals surface area contributed by atoms with Crippen LogP contribution >= 0.6 is 0 Å². The first kappa shape index (κ1) is 31.6. The van der Waals surface area contributed by atoms with Crippen LogP contribution in [-0.4, -0.2) is 45.0 Å². The van der Waals surface area contributed by atoms with Crippen molar-refractivity contribution in [2.75, 3.05) is 13.2 Å². The van der Waals surface area contributed by atoms with Crippen molar-refractivity contribution in [2.24, 2.45) is 0 Å². The Morgan fingerprint density at radius 3 is 1.75 bits per heavy atom. The van der Waals surface area contributed by atoms with Gasteiger partial charge in [0, 0.05) is 18.7 Å². The van der Waals surface area contributed by atoms with E-state index in [1.54, 1.807) is 26.8 Å². The van der Waals surface area contributed by atoms with Gasteiger partial charge in [-0.15, -0.1) is 6.58 Å². The number of nitrogens with zero attached hydrogens (tertiary/aromatic N) is 1. The quantitative estimate of drug-likeness (QED) is 0.170. The summed E-state index contributed by atoms with van der Waals surface area (Å²) in [5.74, 6) is 6.50. The molecule has 0 bridgehead atoms. The van der Waals surface area contributed by atoms with Crippen molar-refractivity contribution in [3.63, 3.8) is 0 Å².